The zero-order chi connectivity index (χ0) is 11.8. The van der Waals surface area contributed by atoms with E-state index < -0.39 is 0 Å². The van der Waals surface area contributed by atoms with Gasteiger partial charge in [-0.3, -0.25) is 0 Å². The monoisotopic (exact) mass is 248 g/mol. The summed E-state index contributed by atoms with van der Waals surface area (Å²) in [5.74, 6) is 1.89. The van der Waals surface area contributed by atoms with E-state index in [4.69, 9.17) is 11.6 Å². The van der Waals surface area contributed by atoms with Gasteiger partial charge in [-0.2, -0.15) is 0 Å². The molecule has 0 bridgehead atoms. The van der Waals surface area contributed by atoms with Gasteiger partial charge < -0.3 is 9.88 Å². The van der Waals surface area contributed by atoms with Gasteiger partial charge in [-0.25, -0.2) is 0 Å². The molecular formula is C12H13ClN4. The quantitative estimate of drug-likeness (QED) is 0.842. The second kappa shape index (κ2) is 4.13. The first-order valence-electron chi connectivity index (χ1n) is 5.68. The van der Waals surface area contributed by atoms with Crippen LogP contribution in [0.4, 0.5) is 0 Å². The molecule has 0 spiro atoms. The van der Waals surface area contributed by atoms with Crippen molar-refractivity contribution in [2.75, 3.05) is 6.54 Å². The summed E-state index contributed by atoms with van der Waals surface area (Å²) >= 11 is 6.00. The molecule has 0 aliphatic carbocycles. The Hall–Kier alpha value is -1.39. The van der Waals surface area contributed by atoms with Gasteiger partial charge >= 0.3 is 0 Å². The summed E-state index contributed by atoms with van der Waals surface area (Å²) in [6.45, 7) is 3.94. The second-order valence-corrected chi connectivity index (χ2v) is 4.66. The first-order chi connectivity index (χ1) is 8.25. The molecule has 1 N–H and O–H groups in total. The lowest BCUT2D eigenvalue weighted by Gasteiger charge is -2.21. The Morgan fingerprint density at radius 3 is 3.12 bits per heavy atom. The van der Waals surface area contributed by atoms with Crippen LogP contribution in [0.3, 0.4) is 0 Å². The summed E-state index contributed by atoms with van der Waals surface area (Å²) in [4.78, 5) is 0. The maximum absolute atomic E-state index is 6.00. The molecule has 1 atom stereocenters. The summed E-state index contributed by atoms with van der Waals surface area (Å²) in [6.07, 6.45) is 0. The molecular weight excluding hydrogens is 236 g/mol. The van der Waals surface area contributed by atoms with Gasteiger partial charge in [-0.15, -0.1) is 10.2 Å². The van der Waals surface area contributed by atoms with E-state index in [1.807, 2.05) is 24.3 Å². The second-order valence-electron chi connectivity index (χ2n) is 4.22. The average molecular weight is 249 g/mol. The van der Waals surface area contributed by atoms with E-state index in [1.54, 1.807) is 0 Å². The van der Waals surface area contributed by atoms with Crippen molar-refractivity contribution in [1.29, 1.82) is 0 Å². The van der Waals surface area contributed by atoms with Crippen molar-refractivity contribution >= 4 is 11.6 Å². The molecule has 0 amide bonds. The maximum Gasteiger partial charge on any atom is 0.164 e. The summed E-state index contributed by atoms with van der Waals surface area (Å²) < 4.78 is 2.16. The standard InChI is InChI=1S/C12H13ClN4/c1-8-11-15-16-12(17(11)6-5-14-8)9-3-2-4-10(13)7-9/h2-4,7-8,14H,5-6H2,1H3. The zero-order valence-electron chi connectivity index (χ0n) is 9.52. The minimum absolute atomic E-state index is 0.254. The third-order valence-electron chi connectivity index (χ3n) is 3.04. The van der Waals surface area contributed by atoms with Crippen molar-refractivity contribution < 1.29 is 0 Å². The number of fused-ring (bicyclic) bond motifs is 1. The Bertz CT molecular complexity index is 549. The molecule has 0 saturated heterocycles. The van der Waals surface area contributed by atoms with Crippen LogP contribution in [0.1, 0.15) is 18.8 Å². The lowest BCUT2D eigenvalue weighted by molar-refractivity contribution is 0.439. The molecule has 2 heterocycles. The Morgan fingerprint density at radius 1 is 1.41 bits per heavy atom. The first kappa shape index (κ1) is 10.7. The minimum Gasteiger partial charge on any atom is -0.308 e. The molecule has 1 aliphatic heterocycles. The molecule has 0 radical (unpaired) electrons. The minimum atomic E-state index is 0.254. The average Bonchev–Trinajstić information content (AvgIpc) is 2.74. The molecule has 0 fully saturated rings. The van der Waals surface area contributed by atoms with Crippen LogP contribution in [0.5, 0.6) is 0 Å². The highest BCUT2D eigenvalue weighted by molar-refractivity contribution is 6.30. The molecule has 1 aromatic carbocycles. The lowest BCUT2D eigenvalue weighted by atomic mass is 10.2. The first-order valence-corrected chi connectivity index (χ1v) is 6.06. The van der Waals surface area contributed by atoms with Crippen molar-refractivity contribution in [1.82, 2.24) is 20.1 Å². The Labute approximate surface area is 105 Å². The molecule has 3 rings (SSSR count). The molecule has 1 aromatic heterocycles. The maximum atomic E-state index is 6.00. The highest BCUT2D eigenvalue weighted by Gasteiger charge is 2.21. The van der Waals surface area contributed by atoms with Gasteiger partial charge in [0.05, 0.1) is 6.04 Å². The molecule has 2 aromatic rings. The normalized spacial score (nSPS) is 19.1. The topological polar surface area (TPSA) is 42.7 Å². The fraction of sp³-hybridized carbons (Fsp3) is 0.333. The summed E-state index contributed by atoms with van der Waals surface area (Å²) in [6, 6.07) is 7.98. The number of benzene rings is 1. The lowest BCUT2D eigenvalue weighted by Crippen LogP contribution is -2.32. The number of nitrogens with one attached hydrogen (secondary N) is 1. The van der Waals surface area contributed by atoms with Gasteiger partial charge in [0.25, 0.3) is 0 Å². The van der Waals surface area contributed by atoms with E-state index >= 15 is 0 Å². The van der Waals surface area contributed by atoms with Gasteiger partial charge in [0.1, 0.15) is 5.82 Å². The highest BCUT2D eigenvalue weighted by atomic mass is 35.5. The van der Waals surface area contributed by atoms with E-state index in [-0.39, 0.29) is 6.04 Å². The van der Waals surface area contributed by atoms with E-state index in [9.17, 15) is 0 Å². The Balaban J connectivity index is 2.10. The number of rotatable bonds is 1. The van der Waals surface area contributed by atoms with Crippen LogP contribution < -0.4 is 5.32 Å². The zero-order valence-corrected chi connectivity index (χ0v) is 10.3. The van der Waals surface area contributed by atoms with Crippen LogP contribution >= 0.6 is 11.6 Å². The molecule has 0 saturated carbocycles. The van der Waals surface area contributed by atoms with Crippen LogP contribution in [0, 0.1) is 0 Å². The number of nitrogens with zero attached hydrogens (tertiary/aromatic N) is 3. The fourth-order valence-electron chi connectivity index (χ4n) is 2.18. The van der Waals surface area contributed by atoms with Crippen molar-refractivity contribution in [2.45, 2.75) is 19.5 Å². The van der Waals surface area contributed by atoms with Gasteiger partial charge in [0, 0.05) is 23.7 Å². The summed E-state index contributed by atoms with van der Waals surface area (Å²) in [5.41, 5.74) is 1.02. The van der Waals surface area contributed by atoms with Crippen LogP contribution in [0.15, 0.2) is 24.3 Å². The highest BCUT2D eigenvalue weighted by Crippen LogP contribution is 2.25. The van der Waals surface area contributed by atoms with E-state index in [0.717, 1.165) is 35.3 Å². The molecule has 4 nitrogen and oxygen atoms in total. The van der Waals surface area contributed by atoms with Crippen molar-refractivity contribution in [3.05, 3.63) is 35.1 Å². The van der Waals surface area contributed by atoms with E-state index in [0.29, 0.717) is 0 Å². The summed E-state index contributed by atoms with van der Waals surface area (Å²) in [5, 5.41) is 12.6. The number of halogens is 1. The van der Waals surface area contributed by atoms with Crippen LogP contribution in [0.2, 0.25) is 5.02 Å². The Morgan fingerprint density at radius 2 is 2.29 bits per heavy atom. The van der Waals surface area contributed by atoms with Crippen LogP contribution in [-0.4, -0.2) is 21.3 Å². The molecule has 88 valence electrons. The van der Waals surface area contributed by atoms with E-state index in [1.165, 1.54) is 0 Å². The van der Waals surface area contributed by atoms with Crippen molar-refractivity contribution in [3.63, 3.8) is 0 Å². The van der Waals surface area contributed by atoms with Crippen molar-refractivity contribution in [3.8, 4) is 11.4 Å². The SMILES string of the molecule is CC1NCCn2c(-c3cccc(Cl)c3)nnc21. The molecule has 17 heavy (non-hydrogen) atoms. The van der Waals surface area contributed by atoms with Crippen LogP contribution in [-0.2, 0) is 6.54 Å². The largest absolute Gasteiger partial charge is 0.308 e. The van der Waals surface area contributed by atoms with Gasteiger partial charge in [-0.1, -0.05) is 23.7 Å². The third kappa shape index (κ3) is 1.83. The molecule has 1 unspecified atom stereocenters. The van der Waals surface area contributed by atoms with Crippen molar-refractivity contribution in [2.24, 2.45) is 0 Å². The van der Waals surface area contributed by atoms with Crippen LogP contribution in [0.25, 0.3) is 11.4 Å². The number of hydrogen-bond donors (Lipinski definition) is 1. The third-order valence-corrected chi connectivity index (χ3v) is 3.27. The smallest absolute Gasteiger partial charge is 0.164 e. The molecule has 1 aliphatic rings. The van der Waals surface area contributed by atoms with Gasteiger partial charge in [0.15, 0.2) is 5.82 Å². The van der Waals surface area contributed by atoms with Gasteiger partial charge in [-0.05, 0) is 19.1 Å². The molecule has 5 heteroatoms. The Kier molecular flexibility index (Phi) is 2.61. The predicted octanol–water partition coefficient (Wildman–Crippen LogP) is 2.26. The fourth-order valence-corrected chi connectivity index (χ4v) is 2.37. The van der Waals surface area contributed by atoms with E-state index in [2.05, 4.69) is 27.0 Å². The predicted molar refractivity (Wildman–Crippen MR) is 66.9 cm³/mol. The summed E-state index contributed by atoms with van der Waals surface area (Å²) in [7, 11) is 0. The number of hydrogen-bond acceptors (Lipinski definition) is 3. The number of aromatic nitrogens is 3. The van der Waals surface area contributed by atoms with Gasteiger partial charge in [0.2, 0.25) is 0 Å².